The molecular weight excluding hydrogens is 314 g/mol. The fourth-order valence-corrected chi connectivity index (χ4v) is 4.16. The number of aliphatic hydroxyl groups excluding tert-OH is 1. The van der Waals surface area contributed by atoms with Gasteiger partial charge in [0.1, 0.15) is 0 Å². The number of fused-ring (bicyclic) bond motifs is 1. The van der Waals surface area contributed by atoms with Crippen LogP contribution in [0, 0.1) is 0 Å². The lowest BCUT2D eigenvalue weighted by atomic mass is 9.85. The Bertz CT molecular complexity index is 589. The van der Waals surface area contributed by atoms with E-state index in [1.165, 1.54) is 16.7 Å². The zero-order chi connectivity index (χ0) is 17.7. The van der Waals surface area contributed by atoms with Gasteiger partial charge in [-0.1, -0.05) is 24.3 Å². The third-order valence-electron chi connectivity index (χ3n) is 5.66. The topological polar surface area (TPSA) is 64.7 Å². The first kappa shape index (κ1) is 18.6. The Morgan fingerprint density at radius 2 is 2.16 bits per heavy atom. The standard InChI is InChI=1S/C21H31NO3/c1-2-9-24-10-11-25-20-6-5-16-12-17(3-4-18(16)13-20)19-7-8-21(22,14-19)15-23/h2-4,12,19-20,23H,1,5-11,13-15,22H2/t19?,20?,21-/m1/s1. The van der Waals surface area contributed by atoms with E-state index >= 15 is 0 Å². The van der Waals surface area contributed by atoms with Gasteiger partial charge in [0, 0.05) is 5.54 Å². The maximum absolute atomic E-state index is 9.48. The molecule has 0 aromatic heterocycles. The Morgan fingerprint density at radius 3 is 2.92 bits per heavy atom. The first-order valence-electron chi connectivity index (χ1n) is 9.45. The second kappa shape index (κ2) is 8.45. The van der Waals surface area contributed by atoms with Crippen LogP contribution in [0.25, 0.3) is 0 Å². The molecule has 0 heterocycles. The van der Waals surface area contributed by atoms with Crippen LogP contribution in [0.5, 0.6) is 0 Å². The third kappa shape index (κ3) is 4.70. The van der Waals surface area contributed by atoms with Crippen LogP contribution in [0.4, 0.5) is 0 Å². The van der Waals surface area contributed by atoms with E-state index in [0.717, 1.165) is 38.5 Å². The minimum absolute atomic E-state index is 0.0873. The molecule has 2 aliphatic rings. The quantitative estimate of drug-likeness (QED) is 0.562. The minimum Gasteiger partial charge on any atom is -0.394 e. The molecule has 1 fully saturated rings. The van der Waals surface area contributed by atoms with Gasteiger partial charge in [0.2, 0.25) is 0 Å². The van der Waals surface area contributed by atoms with Gasteiger partial charge in [0.05, 0.1) is 32.5 Å². The molecule has 0 amide bonds. The molecule has 1 aromatic rings. The highest BCUT2D eigenvalue weighted by atomic mass is 16.5. The van der Waals surface area contributed by atoms with Crippen LogP contribution >= 0.6 is 0 Å². The van der Waals surface area contributed by atoms with Gasteiger partial charge < -0.3 is 20.3 Å². The monoisotopic (exact) mass is 345 g/mol. The molecule has 3 rings (SSSR count). The van der Waals surface area contributed by atoms with Crippen molar-refractivity contribution in [3.8, 4) is 0 Å². The van der Waals surface area contributed by atoms with E-state index in [1.54, 1.807) is 6.08 Å². The molecule has 4 heteroatoms. The lowest BCUT2D eigenvalue weighted by molar-refractivity contribution is 0.00495. The average molecular weight is 345 g/mol. The van der Waals surface area contributed by atoms with E-state index in [2.05, 4.69) is 24.8 Å². The summed E-state index contributed by atoms with van der Waals surface area (Å²) in [7, 11) is 0. The lowest BCUT2D eigenvalue weighted by Crippen LogP contribution is -2.40. The Morgan fingerprint density at radius 1 is 1.28 bits per heavy atom. The van der Waals surface area contributed by atoms with Crippen LogP contribution < -0.4 is 5.73 Å². The molecule has 2 aliphatic carbocycles. The van der Waals surface area contributed by atoms with Crippen molar-refractivity contribution in [1.29, 1.82) is 0 Å². The highest BCUT2D eigenvalue weighted by Crippen LogP contribution is 2.40. The van der Waals surface area contributed by atoms with Gasteiger partial charge >= 0.3 is 0 Å². The normalized spacial score (nSPS) is 28.7. The summed E-state index contributed by atoms with van der Waals surface area (Å²) in [6.45, 7) is 5.58. The first-order valence-corrected chi connectivity index (χ1v) is 9.45. The van der Waals surface area contributed by atoms with E-state index in [9.17, 15) is 5.11 Å². The van der Waals surface area contributed by atoms with Crippen LogP contribution in [0.1, 0.15) is 48.3 Å². The molecule has 0 bridgehead atoms. The average Bonchev–Trinajstić information content (AvgIpc) is 3.04. The Hall–Kier alpha value is -1.20. The van der Waals surface area contributed by atoms with Crippen molar-refractivity contribution in [3.63, 3.8) is 0 Å². The fraction of sp³-hybridized carbons (Fsp3) is 0.619. The van der Waals surface area contributed by atoms with Gasteiger partial charge in [-0.2, -0.15) is 0 Å². The van der Waals surface area contributed by atoms with Crippen molar-refractivity contribution < 1.29 is 14.6 Å². The molecule has 2 unspecified atom stereocenters. The van der Waals surface area contributed by atoms with Crippen LogP contribution in [0.15, 0.2) is 30.9 Å². The fourth-order valence-electron chi connectivity index (χ4n) is 4.16. The van der Waals surface area contributed by atoms with E-state index in [1.807, 2.05) is 0 Å². The Kier molecular flexibility index (Phi) is 6.29. The SMILES string of the molecule is C=CCOCCOC1CCc2cc(C3CC[C@](N)(CO)C3)ccc2C1. The highest BCUT2D eigenvalue weighted by Gasteiger charge is 2.36. The van der Waals surface area contributed by atoms with Gasteiger partial charge in [-0.15, -0.1) is 6.58 Å². The summed E-state index contributed by atoms with van der Waals surface area (Å²) in [5, 5.41) is 9.48. The molecule has 0 radical (unpaired) electrons. The van der Waals surface area contributed by atoms with Gasteiger partial charge in [0.15, 0.2) is 0 Å². The second-order valence-electron chi connectivity index (χ2n) is 7.59. The highest BCUT2D eigenvalue weighted by molar-refractivity contribution is 5.36. The third-order valence-corrected chi connectivity index (χ3v) is 5.66. The maximum atomic E-state index is 9.48. The van der Waals surface area contributed by atoms with Crippen molar-refractivity contribution in [2.75, 3.05) is 26.4 Å². The first-order chi connectivity index (χ1) is 12.1. The predicted molar refractivity (Wildman–Crippen MR) is 99.8 cm³/mol. The molecule has 0 aliphatic heterocycles. The van der Waals surface area contributed by atoms with Crippen molar-refractivity contribution in [2.24, 2.45) is 5.73 Å². The summed E-state index contributed by atoms with van der Waals surface area (Å²) in [6, 6.07) is 6.89. The maximum Gasteiger partial charge on any atom is 0.0704 e. The zero-order valence-electron chi connectivity index (χ0n) is 15.1. The van der Waals surface area contributed by atoms with Crippen molar-refractivity contribution >= 4 is 0 Å². The molecule has 3 N–H and O–H groups in total. The summed E-state index contributed by atoms with van der Waals surface area (Å²) in [4.78, 5) is 0. The molecule has 0 saturated heterocycles. The lowest BCUT2D eigenvalue weighted by Gasteiger charge is -2.26. The molecule has 25 heavy (non-hydrogen) atoms. The minimum atomic E-state index is -0.382. The summed E-state index contributed by atoms with van der Waals surface area (Å²) in [5.74, 6) is 0.485. The van der Waals surface area contributed by atoms with E-state index < -0.39 is 0 Å². The van der Waals surface area contributed by atoms with Gasteiger partial charge in [0.25, 0.3) is 0 Å². The van der Waals surface area contributed by atoms with Crippen LogP contribution in [0.2, 0.25) is 0 Å². The molecule has 3 atom stereocenters. The number of aryl methyl sites for hydroxylation is 1. The molecule has 1 saturated carbocycles. The predicted octanol–water partition coefficient (Wildman–Crippen LogP) is 2.72. The molecule has 1 aromatic carbocycles. The summed E-state index contributed by atoms with van der Waals surface area (Å²) < 4.78 is 11.3. The van der Waals surface area contributed by atoms with Crippen LogP contribution in [-0.2, 0) is 22.3 Å². The van der Waals surface area contributed by atoms with Crippen LogP contribution in [0.3, 0.4) is 0 Å². The Labute approximate surface area is 151 Å². The Balaban J connectivity index is 1.54. The number of benzene rings is 1. The van der Waals surface area contributed by atoms with Crippen molar-refractivity contribution in [3.05, 3.63) is 47.5 Å². The smallest absolute Gasteiger partial charge is 0.0704 e. The van der Waals surface area contributed by atoms with Crippen molar-refractivity contribution in [2.45, 2.75) is 56.1 Å². The largest absolute Gasteiger partial charge is 0.394 e. The summed E-state index contributed by atoms with van der Waals surface area (Å²) >= 11 is 0. The number of rotatable bonds is 8. The molecule has 4 nitrogen and oxygen atoms in total. The number of hydrogen-bond acceptors (Lipinski definition) is 4. The molecule has 0 spiro atoms. The van der Waals surface area contributed by atoms with Gasteiger partial charge in [-0.3, -0.25) is 0 Å². The van der Waals surface area contributed by atoms with E-state index in [4.69, 9.17) is 15.2 Å². The van der Waals surface area contributed by atoms with Gasteiger partial charge in [-0.05, 0) is 61.1 Å². The number of ether oxygens (including phenoxy) is 2. The molecular formula is C21H31NO3. The van der Waals surface area contributed by atoms with Gasteiger partial charge in [-0.25, -0.2) is 0 Å². The summed E-state index contributed by atoms with van der Waals surface area (Å²) in [5.41, 5.74) is 10.1. The zero-order valence-corrected chi connectivity index (χ0v) is 15.1. The summed E-state index contributed by atoms with van der Waals surface area (Å²) in [6.07, 6.45) is 8.05. The number of aliphatic hydroxyl groups is 1. The second-order valence-corrected chi connectivity index (χ2v) is 7.59. The van der Waals surface area contributed by atoms with E-state index in [-0.39, 0.29) is 12.1 Å². The van der Waals surface area contributed by atoms with E-state index in [0.29, 0.717) is 31.8 Å². The van der Waals surface area contributed by atoms with Crippen molar-refractivity contribution in [1.82, 2.24) is 0 Å². The van der Waals surface area contributed by atoms with Crippen LogP contribution in [-0.4, -0.2) is 43.2 Å². The molecule has 138 valence electrons. The number of nitrogens with two attached hydrogens (primary N) is 1. The number of hydrogen-bond donors (Lipinski definition) is 2.